The van der Waals surface area contributed by atoms with E-state index in [-0.39, 0.29) is 29.7 Å². The number of ether oxygens (including phenoxy) is 1. The van der Waals surface area contributed by atoms with Crippen molar-refractivity contribution in [3.63, 3.8) is 0 Å². The molecule has 192 valence electrons. The number of nitrogens with zero attached hydrogens (tertiary/aromatic N) is 4. The van der Waals surface area contributed by atoms with E-state index in [9.17, 15) is 14.3 Å². The maximum Gasteiger partial charge on any atom is 0.252 e. The molecule has 9 nitrogen and oxygen atoms in total. The average Bonchev–Trinajstić information content (AvgIpc) is 3.34. The number of aliphatic hydroxyl groups is 1. The van der Waals surface area contributed by atoms with E-state index >= 15 is 0 Å². The van der Waals surface area contributed by atoms with Crippen molar-refractivity contribution in [2.24, 2.45) is 7.05 Å². The normalized spacial score (nSPS) is 18.5. The number of carbonyl (C=O) groups is 1. The summed E-state index contributed by atoms with van der Waals surface area (Å²) in [5, 5.41) is 20.7. The summed E-state index contributed by atoms with van der Waals surface area (Å²) >= 11 is 5.87. The monoisotopic (exact) mass is 524 g/mol. The van der Waals surface area contributed by atoms with Crippen LogP contribution in [0.2, 0.25) is 5.02 Å². The summed E-state index contributed by atoms with van der Waals surface area (Å²) < 4.78 is 21.4. The Kier molecular flexibility index (Phi) is 7.31. The molecule has 2 aromatic heterocycles. The van der Waals surface area contributed by atoms with Crippen LogP contribution >= 0.6 is 11.6 Å². The summed E-state index contributed by atoms with van der Waals surface area (Å²) in [7, 11) is 1.77. The second-order valence-corrected chi connectivity index (χ2v) is 9.44. The zero-order chi connectivity index (χ0) is 25.9. The third-order valence-electron chi connectivity index (χ3n) is 6.36. The first kappa shape index (κ1) is 25.1. The van der Waals surface area contributed by atoms with E-state index in [1.54, 1.807) is 54.6 Å². The predicted octanol–water partition coefficient (Wildman–Crippen LogP) is 3.63. The zero-order valence-electron chi connectivity index (χ0n) is 20.1. The van der Waals surface area contributed by atoms with Crippen molar-refractivity contribution >= 4 is 34.4 Å². The molecule has 0 spiro atoms. The van der Waals surface area contributed by atoms with Gasteiger partial charge in [-0.1, -0.05) is 23.7 Å². The minimum absolute atomic E-state index is 0.00581. The van der Waals surface area contributed by atoms with Gasteiger partial charge in [0.15, 0.2) is 0 Å². The van der Waals surface area contributed by atoms with Gasteiger partial charge in [-0.2, -0.15) is 5.10 Å². The molecule has 3 N–H and O–H groups in total. The maximum atomic E-state index is 14.2. The third-order valence-corrected chi connectivity index (χ3v) is 6.67. The summed E-state index contributed by atoms with van der Waals surface area (Å²) in [5.41, 5.74) is 2.23. The molecule has 37 heavy (non-hydrogen) atoms. The van der Waals surface area contributed by atoms with E-state index in [1.165, 1.54) is 12.1 Å². The van der Waals surface area contributed by atoms with Crippen LogP contribution in [0.4, 0.5) is 10.3 Å². The molecule has 11 heteroatoms. The first-order chi connectivity index (χ1) is 17.9. The summed E-state index contributed by atoms with van der Waals surface area (Å²) in [5.74, 6) is -0.479. The van der Waals surface area contributed by atoms with Gasteiger partial charge in [0.1, 0.15) is 5.82 Å². The van der Waals surface area contributed by atoms with Crippen LogP contribution in [-0.2, 0) is 11.8 Å². The number of halogens is 2. The van der Waals surface area contributed by atoms with E-state index in [2.05, 4.69) is 25.7 Å². The fraction of sp³-hybridized carbons (Fsp3) is 0.308. The molecule has 0 saturated carbocycles. The quantitative estimate of drug-likeness (QED) is 0.338. The Morgan fingerprint density at radius 2 is 2.14 bits per heavy atom. The van der Waals surface area contributed by atoms with Crippen LogP contribution < -0.4 is 10.6 Å². The lowest BCUT2D eigenvalue weighted by atomic mass is 10.0. The molecule has 0 bridgehead atoms. The molecule has 0 unspecified atom stereocenters. The van der Waals surface area contributed by atoms with Gasteiger partial charge >= 0.3 is 0 Å². The minimum Gasteiger partial charge on any atom is -0.394 e. The summed E-state index contributed by atoms with van der Waals surface area (Å²) in [6.45, 7) is 0.522. The number of aliphatic hydroxyl groups excluding tert-OH is 1. The number of carbonyl (C=O) groups excluding carboxylic acids is 1. The Morgan fingerprint density at radius 3 is 2.89 bits per heavy atom. The van der Waals surface area contributed by atoms with Gasteiger partial charge in [-0.25, -0.2) is 14.4 Å². The Hall–Kier alpha value is -3.60. The number of anilines is 1. The molecule has 1 amide bonds. The highest BCUT2D eigenvalue weighted by molar-refractivity contribution is 6.30. The van der Waals surface area contributed by atoms with Crippen molar-refractivity contribution in [2.75, 3.05) is 18.5 Å². The fourth-order valence-corrected chi connectivity index (χ4v) is 4.53. The highest BCUT2D eigenvalue weighted by atomic mass is 35.5. The average molecular weight is 525 g/mol. The number of fused-ring (bicyclic) bond motifs is 1. The first-order valence-corrected chi connectivity index (χ1v) is 12.3. The van der Waals surface area contributed by atoms with Gasteiger partial charge in [-0.15, -0.1) is 0 Å². The number of benzene rings is 2. The van der Waals surface area contributed by atoms with Crippen LogP contribution in [0.1, 0.15) is 40.4 Å². The van der Waals surface area contributed by atoms with E-state index in [0.717, 1.165) is 11.8 Å². The Morgan fingerprint density at radius 1 is 1.27 bits per heavy atom. The van der Waals surface area contributed by atoms with Crippen molar-refractivity contribution in [1.29, 1.82) is 0 Å². The highest BCUT2D eigenvalue weighted by Crippen LogP contribution is 2.26. The minimum atomic E-state index is -0.640. The van der Waals surface area contributed by atoms with Crippen LogP contribution in [0.25, 0.3) is 10.9 Å². The number of rotatable bonds is 7. The van der Waals surface area contributed by atoms with E-state index in [1.807, 2.05) is 0 Å². The highest BCUT2D eigenvalue weighted by Gasteiger charge is 2.23. The molecule has 1 aliphatic heterocycles. The van der Waals surface area contributed by atoms with E-state index in [4.69, 9.17) is 16.3 Å². The standard InChI is InChI=1S/C26H26ClFN6O3/c1-34-13-18(12-30-34)24(15-4-5-21(27)22(28)8-15)33-25(36)16-2-3-17-11-29-26(32-23(17)9-16)31-19-6-7-37-20(10-19)14-35/h2-5,8-9,11-13,19-20,24,35H,6-7,10,14H2,1H3,(H,33,36)(H,29,31,32)/t19-,20+,24+/m1/s1. The molecule has 0 radical (unpaired) electrons. The maximum absolute atomic E-state index is 14.2. The lowest BCUT2D eigenvalue weighted by Gasteiger charge is -2.29. The number of hydrogen-bond donors (Lipinski definition) is 3. The van der Waals surface area contributed by atoms with Crippen molar-refractivity contribution in [2.45, 2.75) is 31.0 Å². The van der Waals surface area contributed by atoms with Gasteiger partial charge in [0.2, 0.25) is 5.95 Å². The van der Waals surface area contributed by atoms with Gasteiger partial charge < -0.3 is 20.5 Å². The van der Waals surface area contributed by atoms with Crippen molar-refractivity contribution in [3.8, 4) is 0 Å². The predicted molar refractivity (Wildman–Crippen MR) is 137 cm³/mol. The molecule has 1 fully saturated rings. The summed E-state index contributed by atoms with van der Waals surface area (Å²) in [6.07, 6.45) is 6.32. The topological polar surface area (TPSA) is 114 Å². The van der Waals surface area contributed by atoms with Crippen LogP contribution in [0.15, 0.2) is 55.0 Å². The number of aryl methyl sites for hydroxylation is 1. The number of hydrogen-bond acceptors (Lipinski definition) is 7. The molecular weight excluding hydrogens is 499 g/mol. The largest absolute Gasteiger partial charge is 0.394 e. The van der Waals surface area contributed by atoms with Crippen LogP contribution in [0, 0.1) is 5.82 Å². The van der Waals surface area contributed by atoms with E-state index < -0.39 is 11.9 Å². The lowest BCUT2D eigenvalue weighted by molar-refractivity contribution is -0.0213. The van der Waals surface area contributed by atoms with Gasteiger partial charge in [-0.3, -0.25) is 9.48 Å². The number of aromatic nitrogens is 4. The molecule has 1 aliphatic rings. The Labute approximate surface area is 217 Å². The first-order valence-electron chi connectivity index (χ1n) is 11.9. The van der Waals surface area contributed by atoms with Crippen molar-refractivity contribution in [1.82, 2.24) is 25.1 Å². The second-order valence-electron chi connectivity index (χ2n) is 9.04. The molecule has 2 aromatic carbocycles. The smallest absolute Gasteiger partial charge is 0.252 e. The van der Waals surface area contributed by atoms with Gasteiger partial charge in [0.05, 0.1) is 35.5 Å². The van der Waals surface area contributed by atoms with Crippen molar-refractivity contribution < 1.29 is 19.0 Å². The summed E-state index contributed by atoms with van der Waals surface area (Å²) in [4.78, 5) is 22.3. The van der Waals surface area contributed by atoms with Gasteiger partial charge in [-0.05, 0) is 42.7 Å². The SMILES string of the molecule is Cn1cc([C@@H](NC(=O)c2ccc3cnc(N[C@@H]4CCO[C@H](CO)C4)nc3c2)c2ccc(Cl)c(F)c2)cn1. The number of amides is 1. The lowest BCUT2D eigenvalue weighted by Crippen LogP contribution is -2.36. The number of nitrogens with one attached hydrogen (secondary N) is 2. The van der Waals surface area contributed by atoms with Gasteiger partial charge in [0, 0.05) is 48.6 Å². The fourth-order valence-electron chi connectivity index (χ4n) is 4.41. The molecular formula is C26H26ClFN6O3. The van der Waals surface area contributed by atoms with Crippen LogP contribution in [0.5, 0.6) is 0 Å². The van der Waals surface area contributed by atoms with E-state index in [0.29, 0.717) is 41.2 Å². The zero-order valence-corrected chi connectivity index (χ0v) is 20.8. The third kappa shape index (κ3) is 5.71. The van der Waals surface area contributed by atoms with Gasteiger partial charge in [0.25, 0.3) is 5.91 Å². The second kappa shape index (κ2) is 10.8. The molecule has 4 aromatic rings. The summed E-state index contributed by atoms with van der Waals surface area (Å²) in [6, 6.07) is 9.06. The Bertz CT molecular complexity index is 1430. The van der Waals surface area contributed by atoms with Crippen LogP contribution in [-0.4, -0.2) is 56.1 Å². The molecule has 3 heterocycles. The van der Waals surface area contributed by atoms with Crippen molar-refractivity contribution in [3.05, 3.63) is 82.5 Å². The van der Waals surface area contributed by atoms with Crippen LogP contribution in [0.3, 0.4) is 0 Å². The molecule has 3 atom stereocenters. The molecule has 5 rings (SSSR count). The molecule has 1 saturated heterocycles. The molecule has 0 aliphatic carbocycles. The Balaban J connectivity index is 1.38.